The summed E-state index contributed by atoms with van der Waals surface area (Å²) in [6.07, 6.45) is 4.90. The van der Waals surface area contributed by atoms with E-state index in [2.05, 4.69) is 28.4 Å². The first-order valence-electron chi connectivity index (χ1n) is 9.49. The van der Waals surface area contributed by atoms with Crippen molar-refractivity contribution in [2.45, 2.75) is 32.3 Å². The summed E-state index contributed by atoms with van der Waals surface area (Å²) in [6, 6.07) is 6.46. The Kier molecular flexibility index (Phi) is 6.32. The lowest BCUT2D eigenvalue weighted by Gasteiger charge is -2.22. The van der Waals surface area contributed by atoms with Crippen molar-refractivity contribution in [3.05, 3.63) is 48.0 Å². The van der Waals surface area contributed by atoms with Crippen LogP contribution in [0.25, 0.3) is 0 Å². The Bertz CT molecular complexity index is 775. The van der Waals surface area contributed by atoms with Crippen molar-refractivity contribution in [1.82, 2.24) is 20.0 Å². The van der Waals surface area contributed by atoms with E-state index in [1.165, 1.54) is 11.6 Å². The van der Waals surface area contributed by atoms with Gasteiger partial charge in [0.2, 0.25) is 0 Å². The molecule has 2 unspecified atom stereocenters. The molecule has 1 aromatic heterocycles. The number of nitrogens with zero attached hydrogens (tertiary/aromatic N) is 4. The van der Waals surface area contributed by atoms with Crippen molar-refractivity contribution < 1.29 is 9.13 Å². The zero-order valence-electron chi connectivity index (χ0n) is 16.2. The number of likely N-dealkylation sites (tertiary alicyclic amines) is 1. The average molecular weight is 373 g/mol. The molecule has 0 spiro atoms. The number of hydrogen-bond donors (Lipinski definition) is 1. The number of guanidine groups is 1. The third kappa shape index (κ3) is 4.99. The number of para-hydroxylation sites is 1. The fourth-order valence-electron chi connectivity index (χ4n) is 3.31. The van der Waals surface area contributed by atoms with E-state index in [1.54, 1.807) is 18.2 Å². The Morgan fingerprint density at radius 1 is 1.44 bits per heavy atom. The Balaban J connectivity index is 1.60. The molecule has 0 aliphatic carbocycles. The molecule has 1 aromatic carbocycles. The maximum atomic E-state index is 13.7. The molecule has 1 N–H and O–H groups in total. The van der Waals surface area contributed by atoms with Gasteiger partial charge in [0.1, 0.15) is 6.10 Å². The van der Waals surface area contributed by atoms with E-state index in [0.717, 1.165) is 32.0 Å². The van der Waals surface area contributed by atoms with Crippen molar-refractivity contribution in [3.63, 3.8) is 0 Å². The van der Waals surface area contributed by atoms with Gasteiger partial charge < -0.3 is 15.0 Å². The topological polar surface area (TPSA) is 54.7 Å². The normalized spacial score (nSPS) is 18.6. The van der Waals surface area contributed by atoms with Gasteiger partial charge in [-0.3, -0.25) is 4.68 Å². The van der Waals surface area contributed by atoms with Crippen LogP contribution in [-0.2, 0) is 7.05 Å². The van der Waals surface area contributed by atoms with Crippen LogP contribution in [0.2, 0.25) is 0 Å². The Labute approximate surface area is 160 Å². The van der Waals surface area contributed by atoms with Gasteiger partial charge >= 0.3 is 0 Å². The van der Waals surface area contributed by atoms with Crippen LogP contribution >= 0.6 is 0 Å². The lowest BCUT2D eigenvalue weighted by atomic mass is 10.0. The highest BCUT2D eigenvalue weighted by molar-refractivity contribution is 5.80. The minimum Gasteiger partial charge on any atom is -0.486 e. The molecule has 6 nitrogen and oxygen atoms in total. The molecular weight excluding hydrogens is 345 g/mol. The number of rotatable bonds is 6. The third-order valence-electron chi connectivity index (χ3n) is 4.68. The predicted octanol–water partition coefficient (Wildman–Crippen LogP) is 2.78. The maximum Gasteiger partial charge on any atom is 0.194 e. The van der Waals surface area contributed by atoms with Gasteiger partial charge in [0.15, 0.2) is 17.5 Å². The number of aryl methyl sites for hydroxylation is 1. The number of nitrogens with one attached hydrogen (secondary N) is 1. The number of halogens is 1. The minimum absolute atomic E-state index is 0.215. The van der Waals surface area contributed by atoms with Crippen LogP contribution in [-0.4, -0.2) is 52.9 Å². The summed E-state index contributed by atoms with van der Waals surface area (Å²) in [7, 11) is 1.94. The average Bonchev–Trinajstić information content (AvgIpc) is 3.29. The molecule has 1 aliphatic heterocycles. The summed E-state index contributed by atoms with van der Waals surface area (Å²) >= 11 is 0. The molecule has 1 aliphatic rings. The molecule has 1 saturated heterocycles. The summed E-state index contributed by atoms with van der Waals surface area (Å²) in [5.41, 5.74) is 1.27. The molecule has 7 heteroatoms. The van der Waals surface area contributed by atoms with E-state index in [-0.39, 0.29) is 17.7 Å². The predicted molar refractivity (Wildman–Crippen MR) is 105 cm³/mol. The van der Waals surface area contributed by atoms with E-state index < -0.39 is 0 Å². The highest BCUT2D eigenvalue weighted by Crippen LogP contribution is 2.26. The molecule has 146 valence electrons. The van der Waals surface area contributed by atoms with E-state index in [4.69, 9.17) is 9.73 Å². The summed E-state index contributed by atoms with van der Waals surface area (Å²) in [5.74, 6) is 1.27. The van der Waals surface area contributed by atoms with Crippen molar-refractivity contribution in [1.29, 1.82) is 0 Å². The number of hydrogen-bond acceptors (Lipinski definition) is 3. The third-order valence-corrected chi connectivity index (χ3v) is 4.68. The molecule has 27 heavy (non-hydrogen) atoms. The molecular formula is C20H28FN5O. The second-order valence-corrected chi connectivity index (χ2v) is 6.93. The van der Waals surface area contributed by atoms with Gasteiger partial charge in [-0.15, -0.1) is 0 Å². The largest absolute Gasteiger partial charge is 0.486 e. The molecule has 2 heterocycles. The van der Waals surface area contributed by atoms with Gasteiger partial charge in [-0.2, -0.15) is 5.10 Å². The van der Waals surface area contributed by atoms with Crippen molar-refractivity contribution in [2.24, 2.45) is 12.0 Å². The van der Waals surface area contributed by atoms with Gasteiger partial charge in [-0.05, 0) is 38.0 Å². The van der Waals surface area contributed by atoms with Crippen molar-refractivity contribution >= 4 is 5.96 Å². The zero-order chi connectivity index (χ0) is 19.2. The van der Waals surface area contributed by atoms with Gasteiger partial charge in [0.05, 0.1) is 12.7 Å². The molecule has 1 fully saturated rings. The fraction of sp³-hybridized carbons (Fsp3) is 0.500. The number of aromatic nitrogens is 2. The molecule has 2 atom stereocenters. The van der Waals surface area contributed by atoms with Crippen LogP contribution in [0.5, 0.6) is 5.75 Å². The van der Waals surface area contributed by atoms with Crippen LogP contribution in [0.4, 0.5) is 4.39 Å². The lowest BCUT2D eigenvalue weighted by Crippen LogP contribution is -2.40. The maximum absolute atomic E-state index is 13.7. The fourth-order valence-corrected chi connectivity index (χ4v) is 3.31. The van der Waals surface area contributed by atoms with Crippen molar-refractivity contribution in [3.8, 4) is 5.75 Å². The van der Waals surface area contributed by atoms with Gasteiger partial charge in [-0.25, -0.2) is 9.38 Å². The number of benzene rings is 1. The molecule has 0 radical (unpaired) electrons. The zero-order valence-corrected chi connectivity index (χ0v) is 16.2. The summed E-state index contributed by atoms with van der Waals surface area (Å²) in [5, 5.41) is 7.64. The minimum atomic E-state index is -0.348. The lowest BCUT2D eigenvalue weighted by molar-refractivity contribution is 0.219. The first-order valence-corrected chi connectivity index (χ1v) is 9.49. The molecule has 0 bridgehead atoms. The van der Waals surface area contributed by atoms with E-state index in [9.17, 15) is 4.39 Å². The monoisotopic (exact) mass is 373 g/mol. The van der Waals surface area contributed by atoms with Gasteiger partial charge in [-0.1, -0.05) is 12.1 Å². The standard InChI is InChI=1S/C20H28FN5O/c1-4-22-20(23-11-15(2)27-19-8-6-5-7-18(19)21)26-10-9-16(14-26)17-12-24-25(3)13-17/h5-8,12-13,15-16H,4,9-11,14H2,1-3H3,(H,22,23). The van der Waals surface area contributed by atoms with E-state index in [0.29, 0.717) is 12.5 Å². The number of ether oxygens (including phenoxy) is 1. The second-order valence-electron chi connectivity index (χ2n) is 6.93. The molecule has 3 rings (SSSR count). The highest BCUT2D eigenvalue weighted by Gasteiger charge is 2.27. The molecule has 0 amide bonds. The van der Waals surface area contributed by atoms with E-state index >= 15 is 0 Å². The summed E-state index contributed by atoms with van der Waals surface area (Å²) in [4.78, 5) is 6.99. The quantitative estimate of drug-likeness (QED) is 0.625. The molecule has 0 saturated carbocycles. The van der Waals surface area contributed by atoms with Gasteiger partial charge in [0, 0.05) is 38.8 Å². The Morgan fingerprint density at radius 2 is 2.26 bits per heavy atom. The van der Waals surface area contributed by atoms with Crippen LogP contribution in [0.1, 0.15) is 31.7 Å². The second kappa shape index (κ2) is 8.88. The van der Waals surface area contributed by atoms with Crippen molar-refractivity contribution in [2.75, 3.05) is 26.2 Å². The van der Waals surface area contributed by atoms with Crippen LogP contribution in [0, 0.1) is 5.82 Å². The van der Waals surface area contributed by atoms with Crippen LogP contribution in [0.3, 0.4) is 0 Å². The Hall–Kier alpha value is -2.57. The van der Waals surface area contributed by atoms with Crippen LogP contribution in [0.15, 0.2) is 41.7 Å². The first kappa shape index (κ1) is 19.2. The van der Waals surface area contributed by atoms with E-state index in [1.807, 2.05) is 24.9 Å². The Morgan fingerprint density at radius 3 is 2.96 bits per heavy atom. The molecule has 2 aromatic rings. The smallest absolute Gasteiger partial charge is 0.194 e. The summed E-state index contributed by atoms with van der Waals surface area (Å²) < 4.78 is 21.3. The van der Waals surface area contributed by atoms with Gasteiger partial charge in [0.25, 0.3) is 0 Å². The SMILES string of the molecule is CCNC(=NCC(C)Oc1ccccc1F)N1CCC(c2cnn(C)c2)C1. The summed E-state index contributed by atoms with van der Waals surface area (Å²) in [6.45, 7) is 7.10. The first-order chi connectivity index (χ1) is 13.1. The van der Waals surface area contributed by atoms with Crippen LogP contribution < -0.4 is 10.1 Å². The highest BCUT2D eigenvalue weighted by atomic mass is 19.1. The number of aliphatic imine (C=N–C) groups is 1.